The van der Waals surface area contributed by atoms with Crippen LogP contribution in [0.2, 0.25) is 0 Å². The second-order valence-electron chi connectivity index (χ2n) is 6.80. The maximum Gasteiger partial charge on any atom is 0.201 e. The maximum absolute atomic E-state index is 14.2. The summed E-state index contributed by atoms with van der Waals surface area (Å²) >= 11 is 0. The molecule has 0 saturated heterocycles. The molecule has 3 heteroatoms. The third-order valence-electron chi connectivity index (χ3n) is 4.72. The monoisotopic (exact) mass is 378 g/mol. The van der Waals surface area contributed by atoms with Gasteiger partial charge in [-0.1, -0.05) is 73.7 Å². The molecule has 0 aliphatic heterocycles. The predicted octanol–water partition coefficient (Wildman–Crippen LogP) is 6.88. The minimum absolute atomic E-state index is 0.0611. The molecule has 3 rings (SSSR count). The lowest BCUT2D eigenvalue weighted by Gasteiger charge is -2.12. The molecule has 0 saturated carbocycles. The largest absolute Gasteiger partial charge is 0.491 e. The molecular formula is C25H24F2O. The fourth-order valence-corrected chi connectivity index (χ4v) is 3.15. The van der Waals surface area contributed by atoms with Gasteiger partial charge in [0.2, 0.25) is 5.82 Å². The highest BCUT2D eigenvalue weighted by Gasteiger charge is 2.12. The van der Waals surface area contributed by atoms with Gasteiger partial charge in [0.05, 0.1) is 6.61 Å². The second-order valence-corrected chi connectivity index (χ2v) is 6.80. The van der Waals surface area contributed by atoms with Crippen LogP contribution in [0.5, 0.6) is 5.75 Å². The van der Waals surface area contributed by atoms with Crippen molar-refractivity contribution in [1.82, 2.24) is 0 Å². The van der Waals surface area contributed by atoms with E-state index in [2.05, 4.69) is 43.3 Å². The molecule has 144 valence electrons. The zero-order valence-electron chi connectivity index (χ0n) is 16.2. The minimum atomic E-state index is -0.950. The van der Waals surface area contributed by atoms with Crippen LogP contribution in [0.4, 0.5) is 8.78 Å². The van der Waals surface area contributed by atoms with Crippen molar-refractivity contribution in [2.45, 2.75) is 26.2 Å². The smallest absolute Gasteiger partial charge is 0.201 e. The summed E-state index contributed by atoms with van der Waals surface area (Å²) in [5.74, 6) is -1.47. The van der Waals surface area contributed by atoms with Gasteiger partial charge in [-0.3, -0.25) is 0 Å². The number of hydrogen-bond acceptors (Lipinski definition) is 1. The molecule has 0 heterocycles. The SMILES string of the molecule is CCOc1ccc(C=Cc2ccc(C[C@@H](C)c3ccccc3)cc2)c(F)c1F. The average molecular weight is 378 g/mol. The molecule has 0 bridgehead atoms. The van der Waals surface area contributed by atoms with Crippen LogP contribution in [-0.2, 0) is 6.42 Å². The van der Waals surface area contributed by atoms with E-state index in [1.807, 2.05) is 18.2 Å². The van der Waals surface area contributed by atoms with Crippen LogP contribution in [0.3, 0.4) is 0 Å². The van der Waals surface area contributed by atoms with Gasteiger partial charge in [-0.2, -0.15) is 4.39 Å². The van der Waals surface area contributed by atoms with Gasteiger partial charge in [-0.25, -0.2) is 4.39 Å². The Labute approximate surface area is 165 Å². The van der Waals surface area contributed by atoms with E-state index in [1.54, 1.807) is 19.1 Å². The summed E-state index contributed by atoms with van der Waals surface area (Å²) < 4.78 is 33.2. The molecule has 0 N–H and O–H groups in total. The maximum atomic E-state index is 14.2. The summed E-state index contributed by atoms with van der Waals surface area (Å²) in [5, 5.41) is 0. The van der Waals surface area contributed by atoms with Crippen molar-refractivity contribution < 1.29 is 13.5 Å². The number of halogens is 2. The number of rotatable bonds is 7. The molecular weight excluding hydrogens is 354 g/mol. The zero-order valence-corrected chi connectivity index (χ0v) is 16.2. The van der Waals surface area contributed by atoms with Gasteiger partial charge in [-0.15, -0.1) is 0 Å². The van der Waals surface area contributed by atoms with Crippen LogP contribution in [0, 0.1) is 11.6 Å². The number of ether oxygens (including phenoxy) is 1. The Balaban J connectivity index is 1.68. The summed E-state index contributed by atoms with van der Waals surface area (Å²) in [6, 6.07) is 21.5. The van der Waals surface area contributed by atoms with Crippen molar-refractivity contribution in [1.29, 1.82) is 0 Å². The lowest BCUT2D eigenvalue weighted by Crippen LogP contribution is -1.98. The predicted molar refractivity (Wildman–Crippen MR) is 111 cm³/mol. The lowest BCUT2D eigenvalue weighted by molar-refractivity contribution is 0.314. The van der Waals surface area contributed by atoms with E-state index in [-0.39, 0.29) is 11.3 Å². The third kappa shape index (κ3) is 4.86. The van der Waals surface area contributed by atoms with Crippen molar-refractivity contribution >= 4 is 12.2 Å². The number of benzene rings is 3. The molecule has 0 amide bonds. The van der Waals surface area contributed by atoms with E-state index in [9.17, 15) is 8.78 Å². The molecule has 0 spiro atoms. The molecule has 0 aliphatic carbocycles. The van der Waals surface area contributed by atoms with E-state index >= 15 is 0 Å². The molecule has 28 heavy (non-hydrogen) atoms. The third-order valence-corrected chi connectivity index (χ3v) is 4.72. The fourth-order valence-electron chi connectivity index (χ4n) is 3.15. The zero-order chi connectivity index (χ0) is 19.9. The van der Waals surface area contributed by atoms with Gasteiger partial charge in [0.25, 0.3) is 0 Å². The summed E-state index contributed by atoms with van der Waals surface area (Å²) in [6.45, 7) is 4.24. The van der Waals surface area contributed by atoms with Gasteiger partial charge in [0, 0.05) is 5.56 Å². The fraction of sp³-hybridized carbons (Fsp3) is 0.200. The Hall–Kier alpha value is -2.94. The highest BCUT2D eigenvalue weighted by atomic mass is 19.2. The second kappa shape index (κ2) is 9.32. The molecule has 0 unspecified atom stereocenters. The van der Waals surface area contributed by atoms with Crippen molar-refractivity contribution in [3.63, 3.8) is 0 Å². The quantitative estimate of drug-likeness (QED) is 0.407. The number of hydrogen-bond donors (Lipinski definition) is 0. The molecule has 1 atom stereocenters. The first kappa shape index (κ1) is 19.8. The Kier molecular flexibility index (Phi) is 6.59. The molecule has 3 aromatic carbocycles. The molecule has 3 aromatic rings. The van der Waals surface area contributed by atoms with E-state index in [0.29, 0.717) is 12.5 Å². The van der Waals surface area contributed by atoms with Crippen molar-refractivity contribution in [2.75, 3.05) is 6.61 Å². The minimum Gasteiger partial charge on any atom is -0.491 e. The van der Waals surface area contributed by atoms with Gasteiger partial charge in [0.1, 0.15) is 0 Å². The van der Waals surface area contributed by atoms with Crippen LogP contribution >= 0.6 is 0 Å². The molecule has 0 aromatic heterocycles. The van der Waals surface area contributed by atoms with Crippen molar-refractivity contribution in [3.8, 4) is 5.75 Å². The van der Waals surface area contributed by atoms with Gasteiger partial charge < -0.3 is 4.74 Å². The van der Waals surface area contributed by atoms with Gasteiger partial charge >= 0.3 is 0 Å². The van der Waals surface area contributed by atoms with Crippen molar-refractivity contribution in [2.24, 2.45) is 0 Å². The van der Waals surface area contributed by atoms with Crippen LogP contribution < -0.4 is 4.74 Å². The molecule has 1 nitrogen and oxygen atoms in total. The first-order valence-electron chi connectivity index (χ1n) is 9.51. The first-order chi connectivity index (χ1) is 13.6. The van der Waals surface area contributed by atoms with Crippen LogP contribution in [-0.4, -0.2) is 6.61 Å². The van der Waals surface area contributed by atoms with Gasteiger partial charge in [0.15, 0.2) is 11.6 Å². The van der Waals surface area contributed by atoms with E-state index < -0.39 is 11.6 Å². The average Bonchev–Trinajstić information content (AvgIpc) is 2.73. The summed E-state index contributed by atoms with van der Waals surface area (Å²) in [7, 11) is 0. The Morgan fingerprint density at radius 3 is 2.25 bits per heavy atom. The van der Waals surface area contributed by atoms with Crippen LogP contribution in [0.1, 0.15) is 42.0 Å². The van der Waals surface area contributed by atoms with Crippen LogP contribution in [0.15, 0.2) is 66.7 Å². The summed E-state index contributed by atoms with van der Waals surface area (Å²) in [6.07, 6.45) is 4.31. The van der Waals surface area contributed by atoms with E-state index in [0.717, 1.165) is 12.0 Å². The van der Waals surface area contributed by atoms with Gasteiger partial charge in [-0.05, 0) is 48.1 Å². The summed E-state index contributed by atoms with van der Waals surface area (Å²) in [4.78, 5) is 0. The van der Waals surface area contributed by atoms with E-state index in [1.165, 1.54) is 23.3 Å². The lowest BCUT2D eigenvalue weighted by atomic mass is 9.93. The standard InChI is InChI=1S/C25H24F2O/c1-3-28-23-16-15-22(24(26)25(23)27)14-13-19-9-11-20(12-10-19)17-18(2)21-7-5-4-6-8-21/h4-16,18H,3,17H2,1-2H3/t18-/m1/s1. The topological polar surface area (TPSA) is 9.23 Å². The molecule has 0 aliphatic rings. The molecule has 0 fully saturated rings. The Morgan fingerprint density at radius 1 is 0.857 bits per heavy atom. The Morgan fingerprint density at radius 2 is 1.57 bits per heavy atom. The molecule has 0 radical (unpaired) electrons. The van der Waals surface area contributed by atoms with Crippen molar-refractivity contribution in [3.05, 3.63) is 101 Å². The summed E-state index contributed by atoms with van der Waals surface area (Å²) in [5.41, 5.74) is 3.69. The highest BCUT2D eigenvalue weighted by Crippen LogP contribution is 2.25. The highest BCUT2D eigenvalue weighted by molar-refractivity contribution is 5.70. The van der Waals surface area contributed by atoms with Crippen LogP contribution in [0.25, 0.3) is 12.2 Å². The normalized spacial score (nSPS) is 12.3. The first-order valence-corrected chi connectivity index (χ1v) is 9.51. The Bertz CT molecular complexity index is 931. The van der Waals surface area contributed by atoms with E-state index in [4.69, 9.17) is 4.74 Å².